The topological polar surface area (TPSA) is 111 Å². The third kappa shape index (κ3) is 7.05. The van der Waals surface area contributed by atoms with Gasteiger partial charge in [-0.15, -0.1) is 0 Å². The number of aromatic nitrogens is 1. The maximum atomic E-state index is 9.49. The first-order valence-corrected chi connectivity index (χ1v) is 14.5. The third-order valence-corrected chi connectivity index (χ3v) is 7.61. The van der Waals surface area contributed by atoms with E-state index in [4.69, 9.17) is 24.7 Å². The zero-order chi connectivity index (χ0) is 29.3. The van der Waals surface area contributed by atoms with E-state index in [1.807, 2.05) is 60.7 Å². The molecule has 0 bridgehead atoms. The highest BCUT2D eigenvalue weighted by molar-refractivity contribution is 5.96. The lowest BCUT2D eigenvalue weighted by atomic mass is 9.99. The Balaban J connectivity index is 1.29. The van der Waals surface area contributed by atoms with Crippen LogP contribution in [0.25, 0.3) is 10.9 Å². The number of aliphatic hydroxyl groups excluding tert-OH is 1. The van der Waals surface area contributed by atoms with E-state index < -0.39 is 0 Å². The first kappa shape index (κ1) is 29.4. The molecule has 1 aliphatic rings. The molecule has 4 aromatic rings. The number of anilines is 2. The Morgan fingerprint density at radius 1 is 1.00 bits per heavy atom. The van der Waals surface area contributed by atoms with Gasteiger partial charge in [0.05, 0.1) is 32.0 Å². The number of piperidine rings is 1. The summed E-state index contributed by atoms with van der Waals surface area (Å²) in [5.74, 6) is 3.70. The number of para-hydroxylation sites is 2. The van der Waals surface area contributed by atoms with Crippen LogP contribution in [0.5, 0.6) is 28.7 Å². The zero-order valence-electron chi connectivity index (χ0n) is 24.3. The van der Waals surface area contributed by atoms with Crippen molar-refractivity contribution in [2.75, 3.05) is 52.4 Å². The van der Waals surface area contributed by atoms with Crippen LogP contribution >= 0.6 is 0 Å². The smallest absolute Gasteiger partial charge is 0.169 e. The largest absolute Gasteiger partial charge is 0.493 e. The molecular weight excluding hydrogens is 532 g/mol. The monoisotopic (exact) mass is 572 g/mol. The first-order chi connectivity index (χ1) is 20.6. The van der Waals surface area contributed by atoms with Crippen LogP contribution in [-0.2, 0) is 6.54 Å². The maximum Gasteiger partial charge on any atom is 0.169 e. The van der Waals surface area contributed by atoms with Crippen LogP contribution in [0.2, 0.25) is 0 Å². The molecule has 2 heterocycles. The van der Waals surface area contributed by atoms with E-state index in [9.17, 15) is 5.11 Å². The van der Waals surface area contributed by atoms with Crippen molar-refractivity contribution < 1.29 is 24.1 Å². The second-order valence-electron chi connectivity index (χ2n) is 10.5. The molecule has 42 heavy (non-hydrogen) atoms. The molecule has 0 radical (unpaired) electrons. The van der Waals surface area contributed by atoms with Crippen LogP contribution in [0.3, 0.4) is 0 Å². The third-order valence-electron chi connectivity index (χ3n) is 7.61. The predicted octanol–water partition coefficient (Wildman–Crippen LogP) is 5.72. The molecule has 0 saturated carbocycles. The molecule has 1 aromatic heterocycles. The van der Waals surface area contributed by atoms with Crippen molar-refractivity contribution in [1.29, 1.82) is 0 Å². The predicted molar refractivity (Wildman–Crippen MR) is 165 cm³/mol. The molecule has 0 aliphatic carbocycles. The Labute approximate surface area is 247 Å². The SMILES string of the molecule is COc1cc2c(Nc3ccc(Oc4ccccc4OC)cc3)c(CN)cnc2cc1OCCCN1CCCC(CO)C1. The number of likely N-dealkylation sites (tertiary alicyclic amines) is 1. The van der Waals surface area contributed by atoms with Gasteiger partial charge in [0.15, 0.2) is 23.0 Å². The lowest BCUT2D eigenvalue weighted by Gasteiger charge is -2.31. The average Bonchev–Trinajstić information content (AvgIpc) is 3.04. The van der Waals surface area contributed by atoms with Crippen LogP contribution in [0.1, 0.15) is 24.8 Å². The Morgan fingerprint density at radius 2 is 1.79 bits per heavy atom. The van der Waals surface area contributed by atoms with Crippen molar-refractivity contribution >= 4 is 22.3 Å². The Hall–Kier alpha value is -4.05. The highest BCUT2D eigenvalue weighted by atomic mass is 16.5. The second kappa shape index (κ2) is 14.2. The molecule has 5 rings (SSSR count). The summed E-state index contributed by atoms with van der Waals surface area (Å²) in [6.45, 7) is 4.14. The molecule has 9 heteroatoms. The minimum absolute atomic E-state index is 0.265. The molecular formula is C33H40N4O5. The molecule has 1 unspecified atom stereocenters. The summed E-state index contributed by atoms with van der Waals surface area (Å²) in [4.78, 5) is 7.08. The van der Waals surface area contributed by atoms with Gasteiger partial charge in [-0.3, -0.25) is 4.98 Å². The summed E-state index contributed by atoms with van der Waals surface area (Å²) in [7, 11) is 3.27. The quantitative estimate of drug-likeness (QED) is 0.173. The molecule has 1 fully saturated rings. The van der Waals surface area contributed by atoms with Crippen LogP contribution < -0.4 is 30.0 Å². The highest BCUT2D eigenvalue weighted by Gasteiger charge is 2.19. The van der Waals surface area contributed by atoms with Crippen LogP contribution in [-0.4, -0.2) is 62.1 Å². The van der Waals surface area contributed by atoms with Crippen LogP contribution in [0, 0.1) is 5.92 Å². The number of fused-ring (bicyclic) bond motifs is 1. The molecule has 0 spiro atoms. The number of aliphatic hydroxyl groups is 1. The van der Waals surface area contributed by atoms with Gasteiger partial charge in [0.25, 0.3) is 0 Å². The second-order valence-corrected chi connectivity index (χ2v) is 10.5. The first-order valence-electron chi connectivity index (χ1n) is 14.5. The summed E-state index contributed by atoms with van der Waals surface area (Å²) in [5, 5.41) is 13.9. The number of nitrogens with two attached hydrogens (primary N) is 1. The number of nitrogens with one attached hydrogen (secondary N) is 1. The summed E-state index contributed by atoms with van der Waals surface area (Å²) < 4.78 is 23.3. The molecule has 222 valence electrons. The summed E-state index contributed by atoms with van der Waals surface area (Å²) >= 11 is 0. The zero-order valence-corrected chi connectivity index (χ0v) is 24.3. The lowest BCUT2D eigenvalue weighted by molar-refractivity contribution is 0.115. The summed E-state index contributed by atoms with van der Waals surface area (Å²) in [6.07, 6.45) is 4.94. The van der Waals surface area contributed by atoms with Gasteiger partial charge >= 0.3 is 0 Å². The van der Waals surface area contributed by atoms with Crippen LogP contribution in [0.4, 0.5) is 11.4 Å². The van der Waals surface area contributed by atoms with Gasteiger partial charge in [-0.2, -0.15) is 0 Å². The van der Waals surface area contributed by atoms with Crippen molar-refractivity contribution in [3.63, 3.8) is 0 Å². The number of benzene rings is 3. The van der Waals surface area contributed by atoms with E-state index >= 15 is 0 Å². The number of nitrogens with zero attached hydrogens (tertiary/aromatic N) is 2. The lowest BCUT2D eigenvalue weighted by Crippen LogP contribution is -2.37. The molecule has 9 nitrogen and oxygen atoms in total. The van der Waals surface area contributed by atoms with Crippen LogP contribution in [0.15, 0.2) is 66.9 Å². The fourth-order valence-electron chi connectivity index (χ4n) is 5.37. The van der Waals surface area contributed by atoms with Crippen molar-refractivity contribution in [2.45, 2.75) is 25.8 Å². The summed E-state index contributed by atoms with van der Waals surface area (Å²) in [5.41, 5.74) is 9.52. The molecule has 1 aliphatic heterocycles. The number of methoxy groups -OCH3 is 2. The minimum atomic E-state index is 0.265. The van der Waals surface area contributed by atoms with Gasteiger partial charge in [0, 0.05) is 55.1 Å². The molecule has 1 atom stereocenters. The standard InChI is InChI=1S/C33H40N4O5/c1-39-29-8-3-4-9-30(29)42-26-12-10-25(11-13-26)36-33-24(19-34)20-35-28-18-32(31(40-2)17-27(28)33)41-16-6-15-37-14-5-7-23(21-37)22-38/h3-4,8-13,17-18,20,23,38H,5-7,14-16,19,21-22,34H2,1-2H3,(H,35,36). The molecule has 0 amide bonds. The number of hydrogen-bond acceptors (Lipinski definition) is 9. The van der Waals surface area contributed by atoms with E-state index in [0.29, 0.717) is 47.8 Å². The van der Waals surface area contributed by atoms with Gasteiger partial charge in [0.2, 0.25) is 0 Å². The highest BCUT2D eigenvalue weighted by Crippen LogP contribution is 2.38. The van der Waals surface area contributed by atoms with Crippen molar-refractivity contribution in [1.82, 2.24) is 9.88 Å². The minimum Gasteiger partial charge on any atom is -0.493 e. The van der Waals surface area contributed by atoms with Gasteiger partial charge in [-0.25, -0.2) is 0 Å². The molecule has 1 saturated heterocycles. The molecule has 3 aromatic carbocycles. The van der Waals surface area contributed by atoms with Gasteiger partial charge in [-0.1, -0.05) is 12.1 Å². The van der Waals surface area contributed by atoms with E-state index in [1.165, 1.54) is 0 Å². The molecule has 4 N–H and O–H groups in total. The number of rotatable bonds is 13. The van der Waals surface area contributed by atoms with E-state index in [-0.39, 0.29) is 6.61 Å². The fraction of sp³-hybridized carbons (Fsp3) is 0.364. The normalized spacial score (nSPS) is 15.4. The van der Waals surface area contributed by atoms with E-state index in [2.05, 4.69) is 15.2 Å². The Morgan fingerprint density at radius 3 is 2.52 bits per heavy atom. The maximum absolute atomic E-state index is 9.49. The van der Waals surface area contributed by atoms with Gasteiger partial charge in [-0.05, 0) is 74.2 Å². The van der Waals surface area contributed by atoms with E-state index in [1.54, 1.807) is 20.4 Å². The fourth-order valence-corrected chi connectivity index (χ4v) is 5.37. The number of pyridine rings is 1. The van der Waals surface area contributed by atoms with Crippen molar-refractivity contribution in [3.05, 3.63) is 72.4 Å². The Kier molecular flexibility index (Phi) is 9.97. The Bertz CT molecular complexity index is 1460. The number of hydrogen-bond donors (Lipinski definition) is 3. The van der Waals surface area contributed by atoms with Crippen molar-refractivity contribution in [2.24, 2.45) is 11.7 Å². The number of ether oxygens (including phenoxy) is 4. The van der Waals surface area contributed by atoms with Crippen molar-refractivity contribution in [3.8, 4) is 28.7 Å². The van der Waals surface area contributed by atoms with Gasteiger partial charge in [0.1, 0.15) is 5.75 Å². The summed E-state index contributed by atoms with van der Waals surface area (Å²) in [6, 6.07) is 19.1. The van der Waals surface area contributed by atoms with E-state index in [0.717, 1.165) is 66.7 Å². The average molecular weight is 573 g/mol. The van der Waals surface area contributed by atoms with Gasteiger partial charge < -0.3 is 40.0 Å².